The fraction of sp³-hybridized carbons (Fsp3) is 0.0741. The molecule has 1 saturated heterocycles. The number of aryl methyl sites for hydroxylation is 1. The van der Waals surface area contributed by atoms with Crippen LogP contribution in [0.3, 0.4) is 0 Å². The summed E-state index contributed by atoms with van der Waals surface area (Å²) in [5, 5.41) is 4.95. The second kappa shape index (κ2) is 8.65. The van der Waals surface area contributed by atoms with E-state index in [4.69, 9.17) is 11.6 Å². The van der Waals surface area contributed by atoms with Crippen LogP contribution in [0.5, 0.6) is 0 Å². The number of nitrogens with one attached hydrogen (secondary N) is 1. The zero-order chi connectivity index (χ0) is 23.8. The number of halogens is 1. The number of urea groups is 1. The number of rotatable bonds is 4. The van der Waals surface area contributed by atoms with Crippen LogP contribution in [0.15, 0.2) is 84.6 Å². The lowest BCUT2D eigenvalue weighted by Crippen LogP contribution is -2.54. The molecule has 0 radical (unpaired) electrons. The van der Waals surface area contributed by atoms with E-state index >= 15 is 0 Å². The topological polar surface area (TPSA) is 71.4 Å². The predicted molar refractivity (Wildman–Crippen MR) is 133 cm³/mol. The van der Waals surface area contributed by atoms with Crippen LogP contribution in [0.1, 0.15) is 16.8 Å². The summed E-state index contributed by atoms with van der Waals surface area (Å²) < 4.78 is 1.96. The van der Waals surface area contributed by atoms with Gasteiger partial charge in [0, 0.05) is 23.5 Å². The Morgan fingerprint density at radius 1 is 0.941 bits per heavy atom. The molecule has 4 amide bonds. The first-order valence-electron chi connectivity index (χ1n) is 10.7. The van der Waals surface area contributed by atoms with Gasteiger partial charge in [0.05, 0.1) is 5.69 Å². The highest BCUT2D eigenvalue weighted by molar-refractivity contribution is 6.39. The lowest BCUT2D eigenvalue weighted by atomic mass is 10.0. The number of hydrogen-bond donors (Lipinski definition) is 1. The molecule has 0 spiro atoms. The molecular formula is C27H20ClN3O3. The van der Waals surface area contributed by atoms with Crippen molar-refractivity contribution in [3.05, 3.63) is 106 Å². The number of carbonyl (C=O) groups excluding carboxylic acids is 3. The lowest BCUT2D eigenvalue weighted by molar-refractivity contribution is -0.122. The highest BCUT2D eigenvalue weighted by atomic mass is 35.5. The summed E-state index contributed by atoms with van der Waals surface area (Å²) in [5.74, 6) is -1.44. The number of carbonyl (C=O) groups is 3. The molecule has 2 heterocycles. The number of anilines is 1. The number of hydrogen-bond acceptors (Lipinski definition) is 3. The summed E-state index contributed by atoms with van der Waals surface area (Å²) in [7, 11) is 0. The van der Waals surface area contributed by atoms with Gasteiger partial charge in [-0.2, -0.15) is 0 Å². The van der Waals surface area contributed by atoms with Crippen molar-refractivity contribution in [2.75, 3.05) is 4.90 Å². The molecule has 1 N–H and O–H groups in total. The van der Waals surface area contributed by atoms with Crippen molar-refractivity contribution >= 4 is 52.0 Å². The zero-order valence-corrected chi connectivity index (χ0v) is 19.0. The van der Waals surface area contributed by atoms with Gasteiger partial charge in [-0.1, -0.05) is 60.1 Å². The van der Waals surface area contributed by atoms with E-state index in [0.29, 0.717) is 22.9 Å². The number of imide groups is 2. The molecule has 0 saturated carbocycles. The quantitative estimate of drug-likeness (QED) is 0.325. The first-order valence-corrected chi connectivity index (χ1v) is 11.1. The van der Waals surface area contributed by atoms with Gasteiger partial charge < -0.3 is 4.57 Å². The maximum atomic E-state index is 13.2. The molecule has 0 unspecified atom stereocenters. The van der Waals surface area contributed by atoms with E-state index < -0.39 is 17.8 Å². The highest BCUT2D eigenvalue weighted by Gasteiger charge is 2.37. The van der Waals surface area contributed by atoms with E-state index in [1.165, 1.54) is 12.1 Å². The summed E-state index contributed by atoms with van der Waals surface area (Å²) in [4.78, 5) is 39.3. The zero-order valence-electron chi connectivity index (χ0n) is 18.3. The number of nitrogens with zero attached hydrogens (tertiary/aromatic N) is 2. The Labute approximate surface area is 201 Å². The van der Waals surface area contributed by atoms with Crippen LogP contribution >= 0.6 is 11.6 Å². The van der Waals surface area contributed by atoms with E-state index in [0.717, 1.165) is 26.8 Å². The largest absolute Gasteiger partial charge is 0.344 e. The number of benzene rings is 3. The Hall–Kier alpha value is -4.16. The molecule has 3 aromatic carbocycles. The molecule has 34 heavy (non-hydrogen) atoms. The average Bonchev–Trinajstić information content (AvgIpc) is 3.25. The third kappa shape index (κ3) is 3.89. The molecule has 1 fully saturated rings. The molecule has 6 nitrogen and oxygen atoms in total. The number of fused-ring (bicyclic) bond motifs is 1. The maximum absolute atomic E-state index is 13.2. The minimum absolute atomic E-state index is 0.130. The Balaban J connectivity index is 1.50. The Bertz CT molecular complexity index is 1500. The van der Waals surface area contributed by atoms with Gasteiger partial charge in [0.15, 0.2) is 0 Å². The van der Waals surface area contributed by atoms with E-state index in [1.54, 1.807) is 12.1 Å². The van der Waals surface area contributed by atoms with Gasteiger partial charge in [0.25, 0.3) is 11.8 Å². The third-order valence-electron chi connectivity index (χ3n) is 5.89. The minimum atomic E-state index is -0.807. The van der Waals surface area contributed by atoms with Crippen molar-refractivity contribution in [2.45, 2.75) is 13.5 Å². The summed E-state index contributed by atoms with van der Waals surface area (Å²) >= 11 is 6.19. The maximum Gasteiger partial charge on any atom is 0.335 e. The van der Waals surface area contributed by atoms with E-state index in [2.05, 4.69) is 29.6 Å². The molecule has 4 aromatic rings. The van der Waals surface area contributed by atoms with Crippen LogP contribution in [-0.2, 0) is 16.1 Å². The van der Waals surface area contributed by atoms with Crippen LogP contribution < -0.4 is 10.2 Å². The molecule has 1 aromatic heterocycles. The summed E-state index contributed by atoms with van der Waals surface area (Å²) in [5.41, 5.74) is 2.76. The smallest absolute Gasteiger partial charge is 0.335 e. The molecule has 1 aliphatic heterocycles. The monoisotopic (exact) mass is 469 g/mol. The first kappa shape index (κ1) is 21.7. The Morgan fingerprint density at radius 3 is 2.56 bits per heavy atom. The molecule has 7 heteroatoms. The Morgan fingerprint density at radius 2 is 1.74 bits per heavy atom. The summed E-state index contributed by atoms with van der Waals surface area (Å²) in [6.07, 6.45) is 3.40. The van der Waals surface area contributed by atoms with Crippen molar-refractivity contribution in [3.8, 4) is 0 Å². The van der Waals surface area contributed by atoms with Gasteiger partial charge in [-0.05, 0) is 59.2 Å². The van der Waals surface area contributed by atoms with Gasteiger partial charge in [-0.25, -0.2) is 9.69 Å². The van der Waals surface area contributed by atoms with E-state index in [-0.39, 0.29) is 5.57 Å². The van der Waals surface area contributed by atoms with Crippen molar-refractivity contribution < 1.29 is 14.4 Å². The van der Waals surface area contributed by atoms with Gasteiger partial charge in [0.2, 0.25) is 0 Å². The second-order valence-electron chi connectivity index (χ2n) is 8.09. The number of amides is 4. The summed E-state index contributed by atoms with van der Waals surface area (Å²) in [6, 6.07) is 22.0. The summed E-state index contributed by atoms with van der Waals surface area (Å²) in [6.45, 7) is 2.38. The highest BCUT2D eigenvalue weighted by Crippen LogP contribution is 2.27. The second-order valence-corrected chi connectivity index (χ2v) is 8.50. The lowest BCUT2D eigenvalue weighted by Gasteiger charge is -2.26. The minimum Gasteiger partial charge on any atom is -0.344 e. The molecule has 168 valence electrons. The molecule has 0 atom stereocenters. The van der Waals surface area contributed by atoms with Crippen LogP contribution in [0.2, 0.25) is 5.02 Å². The standard InChI is InChI=1S/C27H20ClN3O3/c1-17-11-12-21(15-24(17)28)31-26(33)23(25(32)29-27(31)34)14-20-9-5-13-30(20)16-19-8-4-7-18-6-2-3-10-22(18)19/h2-15H,16H2,1H3,(H,29,32,34). The van der Waals surface area contributed by atoms with Crippen LogP contribution in [-0.4, -0.2) is 22.4 Å². The predicted octanol–water partition coefficient (Wildman–Crippen LogP) is 5.32. The normalized spacial score (nSPS) is 15.3. The van der Waals surface area contributed by atoms with Crippen LogP contribution in [0.4, 0.5) is 10.5 Å². The number of aromatic nitrogens is 1. The van der Waals surface area contributed by atoms with E-state index in [9.17, 15) is 14.4 Å². The third-order valence-corrected chi connectivity index (χ3v) is 6.30. The fourth-order valence-corrected chi connectivity index (χ4v) is 4.25. The van der Waals surface area contributed by atoms with Crippen molar-refractivity contribution in [1.82, 2.24) is 9.88 Å². The van der Waals surface area contributed by atoms with Gasteiger partial charge in [-0.3, -0.25) is 14.9 Å². The molecule has 5 rings (SSSR count). The average molecular weight is 470 g/mol. The molecule has 0 aliphatic carbocycles. The van der Waals surface area contributed by atoms with Gasteiger partial charge >= 0.3 is 6.03 Å². The molecular weight excluding hydrogens is 450 g/mol. The number of barbiturate groups is 1. The van der Waals surface area contributed by atoms with Crippen molar-refractivity contribution in [3.63, 3.8) is 0 Å². The Kier molecular flexibility index (Phi) is 5.51. The SMILES string of the molecule is Cc1ccc(N2C(=O)NC(=O)C(=Cc3cccn3Cc3cccc4ccccc34)C2=O)cc1Cl. The molecule has 0 bridgehead atoms. The van der Waals surface area contributed by atoms with E-state index in [1.807, 2.05) is 48.0 Å². The van der Waals surface area contributed by atoms with Gasteiger partial charge in [-0.15, -0.1) is 0 Å². The van der Waals surface area contributed by atoms with Crippen molar-refractivity contribution in [1.29, 1.82) is 0 Å². The first-order chi connectivity index (χ1) is 16.4. The van der Waals surface area contributed by atoms with Crippen LogP contribution in [0, 0.1) is 6.92 Å². The molecule has 1 aliphatic rings. The van der Waals surface area contributed by atoms with Gasteiger partial charge in [0.1, 0.15) is 5.57 Å². The van der Waals surface area contributed by atoms with Crippen molar-refractivity contribution in [2.24, 2.45) is 0 Å². The fourth-order valence-electron chi connectivity index (χ4n) is 4.08. The van der Waals surface area contributed by atoms with Crippen LogP contribution in [0.25, 0.3) is 16.8 Å².